The van der Waals surface area contributed by atoms with Crippen LogP contribution in [0.5, 0.6) is 11.5 Å². The van der Waals surface area contributed by atoms with Crippen molar-refractivity contribution in [2.24, 2.45) is 0 Å². The molecule has 0 saturated carbocycles. The first-order chi connectivity index (χ1) is 13.0. The summed E-state index contributed by atoms with van der Waals surface area (Å²) in [5, 5.41) is 0. The summed E-state index contributed by atoms with van der Waals surface area (Å²) in [7, 11) is 2.46. The van der Waals surface area contributed by atoms with Gasteiger partial charge in [-0.2, -0.15) is 4.57 Å². The Labute approximate surface area is 155 Å². The van der Waals surface area contributed by atoms with Crippen LogP contribution in [0.25, 0.3) is 0 Å². The van der Waals surface area contributed by atoms with Crippen molar-refractivity contribution in [2.75, 3.05) is 27.4 Å². The third kappa shape index (κ3) is 6.07. The Bertz CT molecular complexity index is 809. The highest BCUT2D eigenvalue weighted by Gasteiger charge is 2.17. The zero-order valence-corrected chi connectivity index (χ0v) is 14.9. The van der Waals surface area contributed by atoms with Crippen LogP contribution in [0.15, 0.2) is 43.0 Å². The molecule has 0 spiro atoms. The maximum absolute atomic E-state index is 12.5. The molecule has 0 atom stereocenters. The number of rotatable bonds is 9. The van der Waals surface area contributed by atoms with Crippen molar-refractivity contribution in [1.82, 2.24) is 4.98 Å². The van der Waals surface area contributed by atoms with Gasteiger partial charge in [0, 0.05) is 5.56 Å². The number of Topliss-reactive ketones (excluding diaryl/α,β-unsaturated/α-hetero) is 1. The number of ether oxygens (including phenoxy) is 4. The molecule has 27 heavy (non-hydrogen) atoms. The lowest BCUT2D eigenvalue weighted by Crippen LogP contribution is -2.37. The number of hydrogen-bond donors (Lipinski definition) is 0. The van der Waals surface area contributed by atoms with Crippen molar-refractivity contribution >= 4 is 17.7 Å². The minimum absolute atomic E-state index is 0.0985. The highest BCUT2D eigenvalue weighted by Crippen LogP contribution is 2.29. The molecule has 142 valence electrons. The van der Waals surface area contributed by atoms with Crippen molar-refractivity contribution in [3.05, 3.63) is 48.5 Å². The zero-order chi connectivity index (χ0) is 19.6. The fourth-order valence-electron chi connectivity index (χ4n) is 2.01. The maximum Gasteiger partial charge on any atom is 0.343 e. The first-order valence-corrected chi connectivity index (χ1v) is 7.89. The van der Waals surface area contributed by atoms with Gasteiger partial charge in [0.05, 0.1) is 26.6 Å². The molecule has 9 nitrogen and oxygen atoms in total. The van der Waals surface area contributed by atoms with Crippen molar-refractivity contribution in [3.8, 4) is 11.5 Å². The smallest absolute Gasteiger partial charge is 0.343 e. The Morgan fingerprint density at radius 2 is 1.52 bits per heavy atom. The van der Waals surface area contributed by atoms with Gasteiger partial charge in [0.15, 0.2) is 37.1 Å². The lowest BCUT2D eigenvalue weighted by molar-refractivity contribution is -0.683. The molecule has 9 heteroatoms. The van der Waals surface area contributed by atoms with E-state index in [1.54, 1.807) is 35.4 Å². The Morgan fingerprint density at radius 1 is 0.926 bits per heavy atom. The summed E-state index contributed by atoms with van der Waals surface area (Å²) >= 11 is 0. The minimum Gasteiger partial charge on any atom is -0.478 e. The van der Waals surface area contributed by atoms with E-state index in [-0.39, 0.29) is 37.0 Å². The zero-order valence-electron chi connectivity index (χ0n) is 14.9. The summed E-state index contributed by atoms with van der Waals surface area (Å²) in [5.41, 5.74) is 0.351. The van der Waals surface area contributed by atoms with Gasteiger partial charge in [-0.25, -0.2) is 9.59 Å². The summed E-state index contributed by atoms with van der Waals surface area (Å²) in [6.07, 6.45) is 6.48. The summed E-state index contributed by atoms with van der Waals surface area (Å²) < 4.78 is 21.4. The van der Waals surface area contributed by atoms with Gasteiger partial charge in [0.2, 0.25) is 12.3 Å². The Kier molecular flexibility index (Phi) is 7.24. The van der Waals surface area contributed by atoms with Crippen LogP contribution >= 0.6 is 0 Å². The molecular weight excluding hydrogens is 356 g/mol. The molecule has 2 rings (SSSR count). The van der Waals surface area contributed by atoms with E-state index in [9.17, 15) is 14.4 Å². The van der Waals surface area contributed by atoms with Crippen LogP contribution in [-0.2, 0) is 25.6 Å². The number of nitrogens with zero attached hydrogens (tertiary/aromatic N) is 2. The molecule has 2 aromatic rings. The van der Waals surface area contributed by atoms with Crippen LogP contribution < -0.4 is 14.0 Å². The molecule has 0 N–H and O–H groups in total. The van der Waals surface area contributed by atoms with E-state index in [4.69, 9.17) is 9.47 Å². The van der Waals surface area contributed by atoms with E-state index in [1.807, 2.05) is 0 Å². The Hall–Kier alpha value is -3.49. The van der Waals surface area contributed by atoms with E-state index in [0.717, 1.165) is 0 Å². The molecule has 0 saturated heterocycles. The summed E-state index contributed by atoms with van der Waals surface area (Å²) in [4.78, 5) is 39.0. The number of carbonyl (C=O) groups is 3. The number of benzene rings is 1. The Balaban J connectivity index is 2.18. The van der Waals surface area contributed by atoms with E-state index < -0.39 is 11.9 Å². The van der Waals surface area contributed by atoms with Crippen molar-refractivity contribution in [1.29, 1.82) is 0 Å². The molecule has 0 bridgehead atoms. The topological polar surface area (TPSA) is 105 Å². The quantitative estimate of drug-likeness (QED) is 0.351. The minimum atomic E-state index is -0.599. The van der Waals surface area contributed by atoms with Crippen molar-refractivity contribution in [3.63, 3.8) is 0 Å². The summed E-state index contributed by atoms with van der Waals surface area (Å²) in [6.45, 7) is -0.617. The number of esters is 2. The average molecular weight is 375 g/mol. The van der Waals surface area contributed by atoms with Crippen LogP contribution in [-0.4, -0.2) is 50.1 Å². The molecule has 0 aliphatic rings. The molecular formula is C18H19N2O7+. The summed E-state index contributed by atoms with van der Waals surface area (Å²) in [6, 6.07) is 4.47. The van der Waals surface area contributed by atoms with Crippen LogP contribution in [0, 0.1) is 0 Å². The van der Waals surface area contributed by atoms with Gasteiger partial charge in [-0.15, -0.1) is 0 Å². The molecule has 1 heterocycles. The number of aromatic nitrogens is 2. The predicted molar refractivity (Wildman–Crippen MR) is 90.2 cm³/mol. The third-order valence-electron chi connectivity index (χ3n) is 3.43. The van der Waals surface area contributed by atoms with E-state index >= 15 is 0 Å². The molecule has 0 radical (unpaired) electrons. The van der Waals surface area contributed by atoms with Gasteiger partial charge in [-0.1, -0.05) is 0 Å². The molecule has 0 fully saturated rings. The average Bonchev–Trinajstić information content (AvgIpc) is 2.70. The monoisotopic (exact) mass is 375 g/mol. The third-order valence-corrected chi connectivity index (χ3v) is 3.43. The van der Waals surface area contributed by atoms with Crippen LogP contribution in [0.3, 0.4) is 0 Å². The Morgan fingerprint density at radius 3 is 2.11 bits per heavy atom. The van der Waals surface area contributed by atoms with Gasteiger partial charge in [0.25, 0.3) is 0 Å². The van der Waals surface area contributed by atoms with Gasteiger partial charge in [0.1, 0.15) is 0 Å². The second-order valence-electron chi connectivity index (χ2n) is 5.23. The van der Waals surface area contributed by atoms with E-state index in [2.05, 4.69) is 14.5 Å². The summed E-state index contributed by atoms with van der Waals surface area (Å²) in [5.74, 6) is -1.04. The fourth-order valence-corrected chi connectivity index (χ4v) is 2.01. The van der Waals surface area contributed by atoms with Crippen LogP contribution in [0.1, 0.15) is 10.4 Å². The fraction of sp³-hybridized carbons (Fsp3) is 0.278. The van der Waals surface area contributed by atoms with Crippen molar-refractivity contribution in [2.45, 2.75) is 6.54 Å². The normalized spacial score (nSPS) is 10.0. The second kappa shape index (κ2) is 9.85. The molecule has 0 aliphatic carbocycles. The largest absolute Gasteiger partial charge is 0.478 e. The SMILES string of the molecule is COC(=O)COc1ccc(C(=O)C[n+]2ccncc2)cc1OCC(=O)OC. The highest BCUT2D eigenvalue weighted by molar-refractivity contribution is 5.95. The predicted octanol–water partition coefficient (Wildman–Crippen LogP) is 0.356. The van der Waals surface area contributed by atoms with Crippen LogP contribution in [0.4, 0.5) is 0 Å². The highest BCUT2D eigenvalue weighted by atomic mass is 16.6. The number of methoxy groups -OCH3 is 2. The second-order valence-corrected chi connectivity index (χ2v) is 5.23. The molecule has 0 aliphatic heterocycles. The van der Waals surface area contributed by atoms with Gasteiger partial charge in [-0.3, -0.25) is 9.78 Å². The molecule has 0 amide bonds. The van der Waals surface area contributed by atoms with E-state index in [1.165, 1.54) is 26.4 Å². The lowest BCUT2D eigenvalue weighted by atomic mass is 10.1. The standard InChI is InChI=1S/C18H19N2O7/c1-24-17(22)11-26-15-4-3-13(9-16(15)27-12-18(23)25-2)14(21)10-20-7-5-19-6-8-20/h3-9H,10-12H2,1-2H3/q+1. The number of ketones is 1. The van der Waals surface area contributed by atoms with Gasteiger partial charge in [-0.05, 0) is 18.2 Å². The van der Waals surface area contributed by atoms with Gasteiger partial charge >= 0.3 is 11.9 Å². The lowest BCUT2D eigenvalue weighted by Gasteiger charge is -2.12. The molecule has 0 unspecified atom stereocenters. The first-order valence-electron chi connectivity index (χ1n) is 7.89. The molecule has 1 aromatic carbocycles. The number of hydrogen-bond acceptors (Lipinski definition) is 8. The van der Waals surface area contributed by atoms with E-state index in [0.29, 0.717) is 5.56 Å². The maximum atomic E-state index is 12.5. The van der Waals surface area contributed by atoms with Crippen molar-refractivity contribution < 1.29 is 37.9 Å². The van der Waals surface area contributed by atoms with Gasteiger partial charge < -0.3 is 18.9 Å². The number of carbonyl (C=O) groups excluding carboxylic acids is 3. The first kappa shape index (κ1) is 19.8. The van der Waals surface area contributed by atoms with Crippen LogP contribution in [0.2, 0.25) is 0 Å². The molecule has 1 aromatic heterocycles.